The van der Waals surface area contributed by atoms with Crippen molar-refractivity contribution < 1.29 is 14.0 Å². The smallest absolute Gasteiger partial charge is 0.257 e. The molecule has 3 N–H and O–H groups in total. The van der Waals surface area contributed by atoms with E-state index in [0.717, 1.165) is 21.8 Å². The third-order valence-electron chi connectivity index (χ3n) is 3.39. The summed E-state index contributed by atoms with van der Waals surface area (Å²) in [6.07, 6.45) is 0. The minimum Gasteiger partial charge on any atom is -0.431 e. The Morgan fingerprint density at radius 3 is 2.60 bits per heavy atom. The van der Waals surface area contributed by atoms with Gasteiger partial charge >= 0.3 is 0 Å². The number of carbonyl (C=O) groups excluding carboxylic acids is 2. The molecule has 1 unspecified atom stereocenters. The van der Waals surface area contributed by atoms with Gasteiger partial charge in [0.05, 0.1) is 5.75 Å². The van der Waals surface area contributed by atoms with Gasteiger partial charge in [-0.15, -0.1) is 0 Å². The fraction of sp³-hybridized carbons (Fsp3) is 0.118. The number of nitrogens with zero attached hydrogens (tertiary/aromatic N) is 1. The van der Waals surface area contributed by atoms with E-state index in [4.69, 9.17) is 10.2 Å². The fourth-order valence-corrected chi connectivity index (χ4v) is 3.13. The van der Waals surface area contributed by atoms with Gasteiger partial charge in [0.15, 0.2) is 5.58 Å². The summed E-state index contributed by atoms with van der Waals surface area (Å²) >= 11 is 4.48. The van der Waals surface area contributed by atoms with Gasteiger partial charge in [-0.25, -0.2) is 4.98 Å². The van der Waals surface area contributed by atoms with E-state index in [9.17, 15) is 9.59 Å². The van der Waals surface area contributed by atoms with E-state index >= 15 is 0 Å². The number of fused-ring (bicyclic) bond motifs is 1. The lowest BCUT2D eigenvalue weighted by Crippen LogP contribution is -2.38. The Balaban J connectivity index is 1.63. The molecule has 3 rings (SSSR count). The number of thioether (sulfide) groups is 1. The second kappa shape index (κ2) is 7.71. The molecule has 0 spiro atoms. The molecule has 1 atom stereocenters. The van der Waals surface area contributed by atoms with Gasteiger partial charge in [-0.3, -0.25) is 9.59 Å². The Bertz CT molecular complexity index is 878. The standard InChI is InChI=1S/C17H14BrN3O3S/c18-11-7-5-10(6-8-11)15(16(19)23)21-14(22)9-25-17-20-12-3-1-2-4-13(12)24-17/h1-8,15H,9H2,(H2,19,23)(H,21,22). The van der Waals surface area contributed by atoms with Crippen LogP contribution in [0.15, 0.2) is 62.6 Å². The molecule has 0 aliphatic rings. The van der Waals surface area contributed by atoms with Crippen molar-refractivity contribution >= 4 is 50.6 Å². The Kier molecular flexibility index (Phi) is 5.40. The first kappa shape index (κ1) is 17.5. The van der Waals surface area contributed by atoms with E-state index in [1.54, 1.807) is 24.3 Å². The van der Waals surface area contributed by atoms with Gasteiger partial charge in [0.25, 0.3) is 5.22 Å². The van der Waals surface area contributed by atoms with Crippen LogP contribution in [0.1, 0.15) is 11.6 Å². The monoisotopic (exact) mass is 419 g/mol. The van der Waals surface area contributed by atoms with Crippen LogP contribution in [0.5, 0.6) is 0 Å². The molecule has 1 heterocycles. The summed E-state index contributed by atoms with van der Waals surface area (Å²) in [6, 6.07) is 13.5. The molecule has 0 bridgehead atoms. The first-order valence-electron chi connectivity index (χ1n) is 7.35. The Labute approximate surface area is 156 Å². The van der Waals surface area contributed by atoms with Crippen LogP contribution in [0.4, 0.5) is 0 Å². The van der Waals surface area contributed by atoms with Crippen molar-refractivity contribution in [3.8, 4) is 0 Å². The van der Waals surface area contributed by atoms with Crippen LogP contribution >= 0.6 is 27.7 Å². The molecule has 0 saturated heterocycles. The highest BCUT2D eigenvalue weighted by Gasteiger charge is 2.20. The molecule has 0 aliphatic heterocycles. The molecule has 0 radical (unpaired) electrons. The predicted octanol–water partition coefficient (Wildman–Crippen LogP) is 3.03. The summed E-state index contributed by atoms with van der Waals surface area (Å²) < 4.78 is 6.42. The molecule has 1 aromatic heterocycles. The zero-order chi connectivity index (χ0) is 17.8. The SMILES string of the molecule is NC(=O)C(NC(=O)CSc1nc2ccccc2o1)c1ccc(Br)cc1. The summed E-state index contributed by atoms with van der Waals surface area (Å²) in [4.78, 5) is 28.1. The zero-order valence-corrected chi connectivity index (χ0v) is 15.3. The van der Waals surface area contributed by atoms with Crippen molar-refractivity contribution in [3.05, 3.63) is 58.6 Å². The van der Waals surface area contributed by atoms with Gasteiger partial charge in [0.1, 0.15) is 11.6 Å². The number of para-hydroxylation sites is 2. The van der Waals surface area contributed by atoms with Crippen LogP contribution < -0.4 is 11.1 Å². The molecule has 0 saturated carbocycles. The van der Waals surface area contributed by atoms with Gasteiger partial charge in [0.2, 0.25) is 11.8 Å². The summed E-state index contributed by atoms with van der Waals surface area (Å²) in [7, 11) is 0. The lowest BCUT2D eigenvalue weighted by Gasteiger charge is -2.15. The van der Waals surface area contributed by atoms with Crippen molar-refractivity contribution in [2.24, 2.45) is 5.73 Å². The number of halogens is 1. The van der Waals surface area contributed by atoms with Crippen LogP contribution in [0.25, 0.3) is 11.1 Å². The highest BCUT2D eigenvalue weighted by molar-refractivity contribution is 9.10. The van der Waals surface area contributed by atoms with Gasteiger partial charge in [-0.1, -0.05) is 52.0 Å². The van der Waals surface area contributed by atoms with E-state index in [2.05, 4.69) is 26.2 Å². The number of rotatable bonds is 6. The first-order chi connectivity index (χ1) is 12.0. The predicted molar refractivity (Wildman–Crippen MR) is 99.0 cm³/mol. The highest BCUT2D eigenvalue weighted by atomic mass is 79.9. The number of primary amides is 1. The number of aromatic nitrogens is 1. The molecule has 128 valence electrons. The number of amides is 2. The topological polar surface area (TPSA) is 98.2 Å². The fourth-order valence-electron chi connectivity index (χ4n) is 2.22. The maximum Gasteiger partial charge on any atom is 0.257 e. The zero-order valence-electron chi connectivity index (χ0n) is 12.9. The van der Waals surface area contributed by atoms with Crippen LogP contribution in [-0.2, 0) is 9.59 Å². The van der Waals surface area contributed by atoms with Crippen LogP contribution in [0.3, 0.4) is 0 Å². The number of nitrogens with two attached hydrogens (primary N) is 1. The van der Waals surface area contributed by atoms with E-state index in [-0.39, 0.29) is 11.7 Å². The minimum absolute atomic E-state index is 0.0626. The Morgan fingerprint density at radius 1 is 1.20 bits per heavy atom. The Morgan fingerprint density at radius 2 is 1.92 bits per heavy atom. The molecular formula is C17H14BrN3O3S. The molecule has 25 heavy (non-hydrogen) atoms. The van der Waals surface area contributed by atoms with Gasteiger partial charge < -0.3 is 15.5 Å². The van der Waals surface area contributed by atoms with E-state index in [0.29, 0.717) is 16.4 Å². The number of benzene rings is 2. The van der Waals surface area contributed by atoms with E-state index in [1.165, 1.54) is 0 Å². The number of hydrogen-bond donors (Lipinski definition) is 2. The van der Waals surface area contributed by atoms with Crippen molar-refractivity contribution in [1.29, 1.82) is 0 Å². The maximum atomic E-state index is 12.2. The lowest BCUT2D eigenvalue weighted by atomic mass is 10.1. The summed E-state index contributed by atoms with van der Waals surface area (Å²) in [5, 5.41) is 3.04. The first-order valence-corrected chi connectivity index (χ1v) is 9.13. The van der Waals surface area contributed by atoms with E-state index < -0.39 is 11.9 Å². The highest BCUT2D eigenvalue weighted by Crippen LogP contribution is 2.23. The average molecular weight is 420 g/mol. The molecule has 8 heteroatoms. The van der Waals surface area contributed by atoms with Gasteiger partial charge in [-0.2, -0.15) is 0 Å². The molecule has 2 amide bonds. The normalized spacial score (nSPS) is 12.0. The summed E-state index contributed by atoms with van der Waals surface area (Å²) in [5.41, 5.74) is 7.43. The van der Waals surface area contributed by atoms with E-state index in [1.807, 2.05) is 24.3 Å². The van der Waals surface area contributed by atoms with Crippen LogP contribution in [0, 0.1) is 0 Å². The number of carbonyl (C=O) groups is 2. The third kappa shape index (κ3) is 4.40. The molecule has 6 nitrogen and oxygen atoms in total. The van der Waals surface area contributed by atoms with Crippen LogP contribution in [0.2, 0.25) is 0 Å². The van der Waals surface area contributed by atoms with Crippen molar-refractivity contribution in [3.63, 3.8) is 0 Å². The molecule has 3 aromatic rings. The van der Waals surface area contributed by atoms with Crippen molar-refractivity contribution in [2.45, 2.75) is 11.3 Å². The maximum absolute atomic E-state index is 12.2. The van der Waals surface area contributed by atoms with Crippen LogP contribution in [-0.4, -0.2) is 22.6 Å². The second-order valence-corrected chi connectivity index (χ2v) is 7.03. The average Bonchev–Trinajstić information content (AvgIpc) is 3.01. The third-order valence-corrected chi connectivity index (χ3v) is 4.75. The second-order valence-electron chi connectivity index (χ2n) is 5.19. The van der Waals surface area contributed by atoms with Crippen molar-refractivity contribution in [2.75, 3.05) is 5.75 Å². The molecule has 2 aromatic carbocycles. The number of hydrogen-bond acceptors (Lipinski definition) is 5. The van der Waals surface area contributed by atoms with Gasteiger partial charge in [0, 0.05) is 4.47 Å². The van der Waals surface area contributed by atoms with Gasteiger partial charge in [-0.05, 0) is 29.8 Å². The lowest BCUT2D eigenvalue weighted by molar-refractivity contribution is -0.126. The number of oxazole rings is 1. The number of nitrogens with one attached hydrogen (secondary N) is 1. The minimum atomic E-state index is -0.884. The quantitative estimate of drug-likeness (QED) is 0.598. The molecule has 0 fully saturated rings. The summed E-state index contributed by atoms with van der Waals surface area (Å²) in [5.74, 6) is -0.894. The molecule has 0 aliphatic carbocycles. The largest absolute Gasteiger partial charge is 0.431 e. The Hall–Kier alpha value is -2.32. The molecular weight excluding hydrogens is 406 g/mol. The summed E-state index contributed by atoms with van der Waals surface area (Å²) in [6.45, 7) is 0. The van der Waals surface area contributed by atoms with Crippen molar-refractivity contribution in [1.82, 2.24) is 10.3 Å².